The minimum absolute atomic E-state index is 0.0560. The normalized spacial score (nSPS) is 16.1. The lowest BCUT2D eigenvalue weighted by Crippen LogP contribution is -2.36. The highest BCUT2D eigenvalue weighted by atomic mass is 16.5. The molecule has 1 aromatic heterocycles. The highest BCUT2D eigenvalue weighted by molar-refractivity contribution is 6.03. The lowest BCUT2D eigenvalue weighted by Gasteiger charge is -2.20. The minimum atomic E-state index is -1.23. The van der Waals surface area contributed by atoms with E-state index in [1.54, 1.807) is 6.07 Å². The van der Waals surface area contributed by atoms with Gasteiger partial charge in [0, 0.05) is 29.8 Å². The van der Waals surface area contributed by atoms with Gasteiger partial charge >= 0.3 is 6.09 Å². The van der Waals surface area contributed by atoms with Crippen molar-refractivity contribution in [2.24, 2.45) is 0 Å². The number of fused-ring (bicyclic) bond motifs is 6. The maximum Gasteiger partial charge on any atom is 0.407 e. The highest BCUT2D eigenvalue weighted by Gasteiger charge is 2.29. The molecule has 1 heterocycles. The highest BCUT2D eigenvalue weighted by Crippen LogP contribution is 2.44. The van der Waals surface area contributed by atoms with E-state index < -0.39 is 18.3 Å². The number of carbonyl (C=O) groups excluding carboxylic acids is 2. The van der Waals surface area contributed by atoms with Crippen molar-refractivity contribution in [2.45, 2.75) is 37.4 Å². The lowest BCUT2D eigenvalue weighted by molar-refractivity contribution is 0.0186. The summed E-state index contributed by atoms with van der Waals surface area (Å²) in [4.78, 5) is 27.9. The van der Waals surface area contributed by atoms with Crippen molar-refractivity contribution in [3.8, 4) is 11.1 Å². The van der Waals surface area contributed by atoms with Gasteiger partial charge in [-0.1, -0.05) is 54.6 Å². The van der Waals surface area contributed by atoms with E-state index in [2.05, 4.69) is 34.6 Å². The maximum absolute atomic E-state index is 12.5. The number of ether oxygens (including phenoxy) is 1. The number of aliphatic hydroxyl groups excluding tert-OH is 2. The zero-order valence-corrected chi connectivity index (χ0v) is 20.2. The first-order valence-corrected chi connectivity index (χ1v) is 12.6. The number of ketones is 1. The Balaban J connectivity index is 1.08. The molecule has 1 amide bonds. The number of rotatable bonds is 6. The molecule has 6 rings (SSSR count). The van der Waals surface area contributed by atoms with Crippen LogP contribution in [0.15, 0.2) is 66.7 Å². The van der Waals surface area contributed by atoms with Gasteiger partial charge in [0.1, 0.15) is 18.8 Å². The van der Waals surface area contributed by atoms with Crippen molar-refractivity contribution >= 4 is 22.8 Å². The van der Waals surface area contributed by atoms with Crippen LogP contribution in [0.1, 0.15) is 57.6 Å². The molecule has 188 valence electrons. The summed E-state index contributed by atoms with van der Waals surface area (Å²) in [7, 11) is 0. The summed E-state index contributed by atoms with van der Waals surface area (Å²) in [6.07, 6.45) is -0.945. The van der Waals surface area contributed by atoms with Crippen LogP contribution in [0.25, 0.3) is 22.0 Å². The quantitative estimate of drug-likeness (QED) is 0.311. The Hall–Kier alpha value is -3.94. The Morgan fingerprint density at radius 2 is 1.70 bits per heavy atom. The molecular weight excluding hydrogens is 468 g/mol. The van der Waals surface area contributed by atoms with E-state index in [9.17, 15) is 19.8 Å². The number of nitrogens with one attached hydrogen (secondary N) is 2. The summed E-state index contributed by atoms with van der Waals surface area (Å²) >= 11 is 0. The number of alkyl carbamates (subject to hydrolysis) is 1. The zero-order chi connectivity index (χ0) is 25.5. The molecule has 0 bridgehead atoms. The number of aromatic amines is 1. The summed E-state index contributed by atoms with van der Waals surface area (Å²) < 4.78 is 5.52. The second-order valence-corrected chi connectivity index (χ2v) is 9.78. The third-order valence-electron chi connectivity index (χ3n) is 7.54. The molecule has 2 unspecified atom stereocenters. The molecule has 0 fully saturated rings. The van der Waals surface area contributed by atoms with Crippen molar-refractivity contribution in [1.82, 2.24) is 10.3 Å². The van der Waals surface area contributed by atoms with Crippen LogP contribution in [0.5, 0.6) is 0 Å². The second kappa shape index (κ2) is 9.50. The number of aliphatic hydroxyl groups is 2. The fourth-order valence-corrected chi connectivity index (χ4v) is 5.67. The van der Waals surface area contributed by atoms with Gasteiger partial charge in [-0.3, -0.25) is 4.79 Å². The Bertz CT molecular complexity index is 1460. The topological polar surface area (TPSA) is 112 Å². The number of aromatic nitrogens is 1. The molecule has 0 saturated heterocycles. The molecule has 0 spiro atoms. The van der Waals surface area contributed by atoms with E-state index in [-0.39, 0.29) is 24.9 Å². The largest absolute Gasteiger partial charge is 0.449 e. The van der Waals surface area contributed by atoms with Crippen molar-refractivity contribution in [2.75, 3.05) is 13.2 Å². The molecule has 2 aliphatic rings. The van der Waals surface area contributed by atoms with Gasteiger partial charge in [0.25, 0.3) is 0 Å². The van der Waals surface area contributed by atoms with Gasteiger partial charge in [0.2, 0.25) is 0 Å². The SMILES string of the molecule is O=C(NCC(O)C(O)c1ccc2[nH]c3c(c2c1)CCCC3=O)OCC1c2ccccc2-c2ccccc21. The van der Waals surface area contributed by atoms with E-state index in [1.165, 1.54) is 0 Å². The molecule has 2 atom stereocenters. The molecule has 7 nitrogen and oxygen atoms in total. The average Bonchev–Trinajstić information content (AvgIpc) is 3.46. The van der Waals surface area contributed by atoms with Gasteiger partial charge in [-0.2, -0.15) is 0 Å². The Morgan fingerprint density at radius 1 is 1.00 bits per heavy atom. The van der Waals surface area contributed by atoms with Crippen molar-refractivity contribution in [3.63, 3.8) is 0 Å². The molecule has 4 aromatic rings. The Labute approximate surface area is 214 Å². The van der Waals surface area contributed by atoms with Crippen LogP contribution in [0.4, 0.5) is 4.79 Å². The van der Waals surface area contributed by atoms with Gasteiger partial charge < -0.3 is 25.3 Å². The average molecular weight is 497 g/mol. The Morgan fingerprint density at radius 3 is 2.43 bits per heavy atom. The fraction of sp³-hybridized carbons (Fsp3) is 0.267. The molecule has 0 saturated carbocycles. The van der Waals surface area contributed by atoms with Gasteiger partial charge in [0.15, 0.2) is 5.78 Å². The number of Topliss-reactive ketones (excluding diaryl/α,β-unsaturated/α-hetero) is 1. The molecule has 0 radical (unpaired) electrons. The van der Waals surface area contributed by atoms with Crippen LogP contribution in [-0.4, -0.2) is 46.3 Å². The van der Waals surface area contributed by atoms with Crippen LogP contribution in [0.2, 0.25) is 0 Å². The predicted octanol–water partition coefficient (Wildman–Crippen LogP) is 4.62. The molecule has 37 heavy (non-hydrogen) atoms. The lowest BCUT2D eigenvalue weighted by atomic mass is 9.93. The number of aryl methyl sites for hydroxylation is 1. The number of H-pyrrole nitrogens is 1. The van der Waals surface area contributed by atoms with E-state index in [0.717, 1.165) is 51.6 Å². The van der Waals surface area contributed by atoms with Crippen molar-refractivity contribution in [3.05, 3.63) is 94.7 Å². The third kappa shape index (κ3) is 4.20. The van der Waals surface area contributed by atoms with Crippen molar-refractivity contribution < 1.29 is 24.5 Å². The van der Waals surface area contributed by atoms with Crippen LogP contribution in [0.3, 0.4) is 0 Å². The number of carbonyl (C=O) groups is 2. The number of benzene rings is 3. The first-order valence-electron chi connectivity index (χ1n) is 12.6. The summed E-state index contributed by atoms with van der Waals surface area (Å²) in [6, 6.07) is 21.6. The molecular formula is C30H28N2O5. The summed E-state index contributed by atoms with van der Waals surface area (Å²) in [6.45, 7) is 0.00606. The fourth-order valence-electron chi connectivity index (χ4n) is 5.67. The van der Waals surface area contributed by atoms with E-state index in [1.807, 2.05) is 36.4 Å². The number of hydrogen-bond donors (Lipinski definition) is 4. The van der Waals surface area contributed by atoms with Crippen LogP contribution in [0, 0.1) is 0 Å². The number of amides is 1. The maximum atomic E-state index is 12.5. The smallest absolute Gasteiger partial charge is 0.407 e. The summed E-state index contributed by atoms with van der Waals surface area (Å²) in [5.41, 5.74) is 7.51. The molecule has 2 aliphatic carbocycles. The van der Waals surface area contributed by atoms with Crippen molar-refractivity contribution in [1.29, 1.82) is 0 Å². The summed E-state index contributed by atoms with van der Waals surface area (Å²) in [5, 5.41) is 24.8. The van der Waals surface area contributed by atoms with E-state index in [0.29, 0.717) is 17.7 Å². The van der Waals surface area contributed by atoms with Crippen LogP contribution in [-0.2, 0) is 11.2 Å². The monoisotopic (exact) mass is 496 g/mol. The van der Waals surface area contributed by atoms with Gasteiger partial charge in [0.05, 0.1) is 5.69 Å². The summed E-state index contributed by atoms with van der Waals surface area (Å²) in [5.74, 6) is 0.0476. The first-order chi connectivity index (χ1) is 18.0. The van der Waals surface area contributed by atoms with Gasteiger partial charge in [-0.05, 0) is 58.4 Å². The van der Waals surface area contributed by atoms with E-state index in [4.69, 9.17) is 4.74 Å². The second-order valence-electron chi connectivity index (χ2n) is 9.78. The molecule has 7 heteroatoms. The zero-order valence-electron chi connectivity index (χ0n) is 20.2. The van der Waals surface area contributed by atoms with E-state index >= 15 is 0 Å². The molecule has 3 aromatic carbocycles. The molecule has 0 aliphatic heterocycles. The first kappa shape index (κ1) is 23.5. The standard InChI is InChI=1S/C30H28N2O5/c33-26-11-5-10-22-23-14-17(12-13-25(23)32-28(22)26)29(35)27(34)15-31-30(36)37-16-24-20-8-3-1-6-18(20)19-7-2-4-9-21(19)24/h1-4,6-9,12-14,24,27,29,32,34-35H,5,10-11,15-16H2,(H,31,36). The Kier molecular flexibility index (Phi) is 6.02. The predicted molar refractivity (Wildman–Crippen MR) is 140 cm³/mol. The van der Waals surface area contributed by atoms with Crippen LogP contribution < -0.4 is 5.32 Å². The van der Waals surface area contributed by atoms with Crippen LogP contribution >= 0.6 is 0 Å². The molecule has 4 N–H and O–H groups in total. The van der Waals surface area contributed by atoms with Gasteiger partial charge in [-0.15, -0.1) is 0 Å². The van der Waals surface area contributed by atoms with Gasteiger partial charge in [-0.25, -0.2) is 4.79 Å². The minimum Gasteiger partial charge on any atom is -0.449 e. The third-order valence-corrected chi connectivity index (χ3v) is 7.54. The number of hydrogen-bond acceptors (Lipinski definition) is 5.